The predicted molar refractivity (Wildman–Crippen MR) is 78.4 cm³/mol. The van der Waals surface area contributed by atoms with E-state index in [1.165, 1.54) is 5.39 Å². The fourth-order valence-corrected chi connectivity index (χ4v) is 2.49. The number of aromatic nitrogens is 2. The standard InChI is InChI=1S/C15H11BrN2/c1-10(12-6-7-17-9-13(12)16)15-8-11-4-2-3-5-14(11)18-15/h2-9,18H,1H2. The van der Waals surface area contributed by atoms with Crippen molar-refractivity contribution in [2.45, 2.75) is 0 Å². The quantitative estimate of drug-likeness (QED) is 0.747. The molecule has 1 N–H and O–H groups in total. The number of hydrogen-bond donors (Lipinski definition) is 1. The average molecular weight is 299 g/mol. The number of nitrogens with one attached hydrogen (secondary N) is 1. The molecule has 1 aromatic carbocycles. The molecule has 2 nitrogen and oxygen atoms in total. The molecular weight excluding hydrogens is 288 g/mol. The van der Waals surface area contributed by atoms with Crippen molar-refractivity contribution in [3.63, 3.8) is 0 Å². The molecule has 2 heterocycles. The number of pyridine rings is 1. The molecule has 0 aliphatic carbocycles. The highest BCUT2D eigenvalue weighted by atomic mass is 79.9. The second kappa shape index (κ2) is 4.42. The highest BCUT2D eigenvalue weighted by Gasteiger charge is 2.08. The molecule has 0 unspecified atom stereocenters. The van der Waals surface area contributed by atoms with E-state index in [-0.39, 0.29) is 0 Å². The molecule has 3 rings (SSSR count). The maximum Gasteiger partial charge on any atom is 0.0465 e. The monoisotopic (exact) mass is 298 g/mol. The number of hydrogen-bond acceptors (Lipinski definition) is 1. The third kappa shape index (κ3) is 1.87. The van der Waals surface area contributed by atoms with E-state index < -0.39 is 0 Å². The van der Waals surface area contributed by atoms with Gasteiger partial charge >= 0.3 is 0 Å². The molecule has 0 atom stereocenters. The van der Waals surface area contributed by atoms with Gasteiger partial charge in [0.25, 0.3) is 0 Å². The number of aromatic amines is 1. The molecule has 0 aliphatic heterocycles. The van der Waals surface area contributed by atoms with Crippen LogP contribution in [0.3, 0.4) is 0 Å². The van der Waals surface area contributed by atoms with Crippen LogP contribution in [0.4, 0.5) is 0 Å². The molecule has 0 fully saturated rings. The lowest BCUT2D eigenvalue weighted by atomic mass is 10.1. The Bertz CT molecular complexity index is 695. The van der Waals surface area contributed by atoms with Gasteiger partial charge in [-0.05, 0) is 39.7 Å². The van der Waals surface area contributed by atoms with E-state index in [2.05, 4.69) is 50.7 Å². The molecule has 0 aliphatic rings. The minimum absolute atomic E-state index is 0.952. The van der Waals surface area contributed by atoms with Crippen LogP contribution in [0, 0.1) is 0 Å². The summed E-state index contributed by atoms with van der Waals surface area (Å²) in [5.41, 5.74) is 4.17. The molecule has 0 amide bonds. The SMILES string of the molecule is C=C(c1cc2ccccc2[nH]1)c1ccncc1Br. The molecular formula is C15H11BrN2. The summed E-state index contributed by atoms with van der Waals surface area (Å²) in [6, 6.07) is 12.3. The number of H-pyrrole nitrogens is 1. The van der Waals surface area contributed by atoms with Crippen molar-refractivity contribution in [1.82, 2.24) is 9.97 Å². The second-order valence-corrected chi connectivity index (χ2v) is 4.96. The minimum Gasteiger partial charge on any atom is -0.355 e. The van der Waals surface area contributed by atoms with E-state index in [1.54, 1.807) is 12.4 Å². The molecule has 0 saturated heterocycles. The van der Waals surface area contributed by atoms with Crippen molar-refractivity contribution in [3.8, 4) is 0 Å². The zero-order valence-electron chi connectivity index (χ0n) is 9.65. The van der Waals surface area contributed by atoms with Crippen molar-refractivity contribution >= 4 is 32.4 Å². The van der Waals surface area contributed by atoms with E-state index in [4.69, 9.17) is 0 Å². The van der Waals surface area contributed by atoms with Crippen LogP contribution in [-0.4, -0.2) is 9.97 Å². The summed E-state index contributed by atoms with van der Waals surface area (Å²) in [4.78, 5) is 7.45. The average Bonchev–Trinajstić information content (AvgIpc) is 2.82. The van der Waals surface area contributed by atoms with Crippen LogP contribution in [0.25, 0.3) is 16.5 Å². The minimum atomic E-state index is 0.952. The fraction of sp³-hybridized carbons (Fsp3) is 0. The summed E-state index contributed by atoms with van der Waals surface area (Å²) >= 11 is 3.50. The summed E-state index contributed by atoms with van der Waals surface area (Å²) in [5, 5.41) is 1.19. The lowest BCUT2D eigenvalue weighted by molar-refractivity contribution is 1.28. The van der Waals surface area contributed by atoms with E-state index in [0.29, 0.717) is 0 Å². The van der Waals surface area contributed by atoms with Crippen LogP contribution in [0.1, 0.15) is 11.3 Å². The summed E-state index contributed by atoms with van der Waals surface area (Å²) in [7, 11) is 0. The predicted octanol–water partition coefficient (Wildman–Crippen LogP) is 4.39. The Labute approximate surface area is 114 Å². The summed E-state index contributed by atoms with van der Waals surface area (Å²) in [6.07, 6.45) is 3.55. The van der Waals surface area contributed by atoms with Crippen LogP contribution >= 0.6 is 15.9 Å². The summed E-state index contributed by atoms with van der Waals surface area (Å²) in [5.74, 6) is 0. The molecule has 0 bridgehead atoms. The van der Waals surface area contributed by atoms with Gasteiger partial charge < -0.3 is 4.98 Å². The Kier molecular flexibility index (Phi) is 2.76. The molecule has 88 valence electrons. The maximum atomic E-state index is 4.16. The molecule has 3 heteroatoms. The third-order valence-electron chi connectivity index (χ3n) is 2.95. The van der Waals surface area contributed by atoms with E-state index in [1.807, 2.05) is 18.2 Å². The van der Waals surface area contributed by atoms with Gasteiger partial charge in [-0.3, -0.25) is 4.98 Å². The summed E-state index contributed by atoms with van der Waals surface area (Å²) < 4.78 is 0.952. The smallest absolute Gasteiger partial charge is 0.0465 e. The number of nitrogens with zero attached hydrogens (tertiary/aromatic N) is 1. The Morgan fingerprint density at radius 2 is 2.06 bits per heavy atom. The van der Waals surface area contributed by atoms with Crippen molar-refractivity contribution in [1.29, 1.82) is 0 Å². The van der Waals surface area contributed by atoms with Crippen LogP contribution in [0.15, 0.2) is 59.8 Å². The molecule has 0 spiro atoms. The van der Waals surface area contributed by atoms with Crippen molar-refractivity contribution in [2.24, 2.45) is 0 Å². The van der Waals surface area contributed by atoms with Crippen molar-refractivity contribution < 1.29 is 0 Å². The first-order chi connectivity index (χ1) is 8.75. The van der Waals surface area contributed by atoms with Crippen molar-refractivity contribution in [3.05, 3.63) is 71.1 Å². The first kappa shape index (κ1) is 11.2. The molecule has 0 saturated carbocycles. The van der Waals surface area contributed by atoms with Gasteiger partial charge in [0.1, 0.15) is 0 Å². The van der Waals surface area contributed by atoms with E-state index >= 15 is 0 Å². The van der Waals surface area contributed by atoms with E-state index in [9.17, 15) is 0 Å². The van der Waals surface area contributed by atoms with E-state index in [0.717, 1.165) is 26.8 Å². The molecule has 18 heavy (non-hydrogen) atoms. The van der Waals surface area contributed by atoms with Gasteiger partial charge in [-0.2, -0.15) is 0 Å². The zero-order valence-corrected chi connectivity index (χ0v) is 11.2. The van der Waals surface area contributed by atoms with Gasteiger partial charge in [0.05, 0.1) is 0 Å². The lowest BCUT2D eigenvalue weighted by Gasteiger charge is -2.05. The van der Waals surface area contributed by atoms with Gasteiger partial charge in [-0.15, -0.1) is 0 Å². The number of rotatable bonds is 2. The number of fused-ring (bicyclic) bond motifs is 1. The topological polar surface area (TPSA) is 28.7 Å². The van der Waals surface area contributed by atoms with Crippen LogP contribution in [0.5, 0.6) is 0 Å². The number of halogens is 1. The van der Waals surface area contributed by atoms with Gasteiger partial charge in [0.15, 0.2) is 0 Å². The Balaban J connectivity index is 2.10. The largest absolute Gasteiger partial charge is 0.355 e. The van der Waals surface area contributed by atoms with Gasteiger partial charge in [0.2, 0.25) is 0 Å². The third-order valence-corrected chi connectivity index (χ3v) is 3.58. The van der Waals surface area contributed by atoms with Crippen LogP contribution in [0.2, 0.25) is 0 Å². The Hall–Kier alpha value is -1.87. The van der Waals surface area contributed by atoms with Gasteiger partial charge in [0, 0.05) is 39.0 Å². The highest BCUT2D eigenvalue weighted by molar-refractivity contribution is 9.10. The van der Waals surface area contributed by atoms with Crippen LogP contribution < -0.4 is 0 Å². The molecule has 3 aromatic rings. The molecule has 0 radical (unpaired) electrons. The Morgan fingerprint density at radius 1 is 1.22 bits per heavy atom. The van der Waals surface area contributed by atoms with Crippen LogP contribution in [-0.2, 0) is 0 Å². The molecule has 2 aromatic heterocycles. The van der Waals surface area contributed by atoms with Crippen molar-refractivity contribution in [2.75, 3.05) is 0 Å². The van der Waals surface area contributed by atoms with Gasteiger partial charge in [-0.1, -0.05) is 24.8 Å². The summed E-state index contributed by atoms with van der Waals surface area (Å²) in [6.45, 7) is 4.16. The number of para-hydroxylation sites is 1. The lowest BCUT2D eigenvalue weighted by Crippen LogP contribution is -1.88. The second-order valence-electron chi connectivity index (χ2n) is 4.10. The fourth-order valence-electron chi connectivity index (χ4n) is 2.00. The zero-order chi connectivity index (χ0) is 12.5. The first-order valence-corrected chi connectivity index (χ1v) is 6.42. The normalized spacial score (nSPS) is 10.7. The first-order valence-electron chi connectivity index (χ1n) is 5.62. The van der Waals surface area contributed by atoms with Gasteiger partial charge in [-0.25, -0.2) is 0 Å². The Morgan fingerprint density at radius 3 is 2.83 bits per heavy atom. The highest BCUT2D eigenvalue weighted by Crippen LogP contribution is 2.28. The number of benzene rings is 1. The maximum absolute atomic E-state index is 4.16.